The number of benzene rings is 2. The third kappa shape index (κ3) is 6.05. The maximum Gasteiger partial charge on any atom is 0.410 e. The number of nitrogens with one attached hydrogen (secondary N) is 1. The number of hydrogen-bond donors (Lipinski definition) is 1. The maximum absolute atomic E-state index is 14.9. The molecule has 0 radical (unpaired) electrons. The van der Waals surface area contributed by atoms with Crippen LogP contribution in [0.15, 0.2) is 41.5 Å². The number of nitriles is 1. The number of rotatable bonds is 7. The summed E-state index contributed by atoms with van der Waals surface area (Å²) in [4.78, 5) is 31.9. The van der Waals surface area contributed by atoms with Crippen LogP contribution in [0.4, 0.5) is 14.9 Å². The predicted molar refractivity (Wildman–Crippen MR) is 158 cm³/mol. The van der Waals surface area contributed by atoms with Crippen LogP contribution in [0.2, 0.25) is 0 Å². The smallest absolute Gasteiger partial charge is 0.410 e. The summed E-state index contributed by atoms with van der Waals surface area (Å²) in [5, 5.41) is 9.97. The van der Waals surface area contributed by atoms with Crippen LogP contribution in [0.1, 0.15) is 45.7 Å². The number of carbonyl (C=O) groups is 1. The van der Waals surface area contributed by atoms with Crippen molar-refractivity contribution in [2.45, 2.75) is 51.4 Å². The second-order valence-corrected chi connectivity index (χ2v) is 13.6. The number of likely N-dealkylation sites (tertiary alicyclic amines) is 1. The highest BCUT2D eigenvalue weighted by molar-refractivity contribution is 7.90. The fourth-order valence-electron chi connectivity index (χ4n) is 5.12. The zero-order valence-corrected chi connectivity index (χ0v) is 25.8. The molecule has 1 spiro atoms. The molecular formula is C29H33FN6O7S. The van der Waals surface area contributed by atoms with Gasteiger partial charge in [0.15, 0.2) is 11.6 Å². The summed E-state index contributed by atoms with van der Waals surface area (Å²) >= 11 is 0. The Kier molecular flexibility index (Phi) is 8.04. The van der Waals surface area contributed by atoms with Crippen LogP contribution in [0.5, 0.6) is 11.5 Å². The van der Waals surface area contributed by atoms with E-state index in [0.29, 0.717) is 25.0 Å². The Morgan fingerprint density at radius 3 is 2.68 bits per heavy atom. The first-order valence-corrected chi connectivity index (χ1v) is 15.4. The molecular weight excluding hydrogens is 595 g/mol. The Labute approximate surface area is 253 Å². The molecule has 5 rings (SSSR count). The minimum atomic E-state index is -4.00. The van der Waals surface area contributed by atoms with Gasteiger partial charge in [0.2, 0.25) is 0 Å². The summed E-state index contributed by atoms with van der Waals surface area (Å²) in [6, 6.07) is 7.97. The molecule has 13 nitrogen and oxygen atoms in total. The van der Waals surface area contributed by atoms with E-state index >= 15 is 0 Å². The largest absolute Gasteiger partial charge is 0.453 e. The van der Waals surface area contributed by atoms with Gasteiger partial charge in [0.25, 0.3) is 5.56 Å². The van der Waals surface area contributed by atoms with Crippen LogP contribution in [-0.4, -0.2) is 77.8 Å². The van der Waals surface area contributed by atoms with Crippen LogP contribution in [0, 0.1) is 17.1 Å². The number of nitrogens with zero attached hydrogens (tertiary/aromatic N) is 5. The number of anilines is 1. The zero-order valence-electron chi connectivity index (χ0n) is 25.0. The van der Waals surface area contributed by atoms with Gasteiger partial charge in [-0.2, -0.15) is 18.0 Å². The van der Waals surface area contributed by atoms with E-state index < -0.39 is 39.1 Å². The molecule has 1 amide bonds. The first-order valence-electron chi connectivity index (χ1n) is 13.9. The van der Waals surface area contributed by atoms with Gasteiger partial charge in [0, 0.05) is 20.0 Å². The van der Waals surface area contributed by atoms with E-state index in [2.05, 4.69) is 9.71 Å². The Balaban J connectivity index is 1.38. The van der Waals surface area contributed by atoms with Gasteiger partial charge in [-0.3, -0.25) is 14.1 Å². The topological polar surface area (TPSA) is 156 Å². The van der Waals surface area contributed by atoms with Crippen molar-refractivity contribution in [2.24, 2.45) is 0 Å². The van der Waals surface area contributed by atoms with E-state index in [-0.39, 0.29) is 47.1 Å². The highest BCUT2D eigenvalue weighted by Crippen LogP contribution is 2.40. The molecule has 0 unspecified atom stereocenters. The van der Waals surface area contributed by atoms with Crippen molar-refractivity contribution in [3.05, 3.63) is 58.4 Å². The zero-order chi connectivity index (χ0) is 32.0. The highest BCUT2D eigenvalue weighted by atomic mass is 32.2. The van der Waals surface area contributed by atoms with Gasteiger partial charge in [-0.15, -0.1) is 0 Å². The van der Waals surface area contributed by atoms with Crippen molar-refractivity contribution in [2.75, 3.05) is 38.0 Å². The van der Waals surface area contributed by atoms with Crippen LogP contribution < -0.4 is 15.0 Å². The van der Waals surface area contributed by atoms with Gasteiger partial charge in [-0.1, -0.05) is 6.92 Å². The van der Waals surface area contributed by atoms with Crippen molar-refractivity contribution >= 4 is 32.9 Å². The monoisotopic (exact) mass is 628 g/mol. The minimum Gasteiger partial charge on any atom is -0.453 e. The van der Waals surface area contributed by atoms with Crippen molar-refractivity contribution in [1.82, 2.24) is 18.8 Å². The average Bonchev–Trinajstić information content (AvgIpc) is 3.39. The minimum absolute atomic E-state index is 0.0429. The Bertz CT molecular complexity index is 1830. The molecule has 2 saturated heterocycles. The van der Waals surface area contributed by atoms with E-state index in [0.717, 1.165) is 16.4 Å². The lowest BCUT2D eigenvalue weighted by Gasteiger charge is -2.46. The van der Waals surface area contributed by atoms with Crippen LogP contribution >= 0.6 is 0 Å². The van der Waals surface area contributed by atoms with Crippen LogP contribution in [-0.2, 0) is 19.7 Å². The quantitative estimate of drug-likeness (QED) is 0.412. The summed E-state index contributed by atoms with van der Waals surface area (Å²) < 4.78 is 61.9. The number of aromatic nitrogens is 2. The third-order valence-electron chi connectivity index (χ3n) is 7.48. The van der Waals surface area contributed by atoms with Crippen molar-refractivity contribution in [3.8, 4) is 17.6 Å². The van der Waals surface area contributed by atoms with E-state index in [1.807, 2.05) is 0 Å². The van der Waals surface area contributed by atoms with Gasteiger partial charge in [0.05, 0.1) is 48.7 Å². The summed E-state index contributed by atoms with van der Waals surface area (Å²) in [6.45, 7) is 8.15. The lowest BCUT2D eigenvalue weighted by molar-refractivity contribution is -0.109. The highest BCUT2D eigenvalue weighted by Gasteiger charge is 2.52. The third-order valence-corrected chi connectivity index (χ3v) is 9.04. The van der Waals surface area contributed by atoms with Crippen molar-refractivity contribution in [1.29, 1.82) is 5.26 Å². The summed E-state index contributed by atoms with van der Waals surface area (Å²) in [6.07, 6.45) is 1.51. The predicted octanol–water partition coefficient (Wildman–Crippen LogP) is 3.76. The molecule has 0 saturated carbocycles. The first-order chi connectivity index (χ1) is 20.6. The fraction of sp³-hybridized carbons (Fsp3) is 0.448. The number of halogens is 1. The Morgan fingerprint density at radius 2 is 2.02 bits per heavy atom. The molecule has 44 heavy (non-hydrogen) atoms. The van der Waals surface area contributed by atoms with Crippen molar-refractivity contribution in [3.63, 3.8) is 0 Å². The number of carbonyl (C=O) groups excluding carboxylic acids is 1. The second-order valence-electron chi connectivity index (χ2n) is 11.9. The molecule has 15 heteroatoms. The average molecular weight is 629 g/mol. The molecule has 3 heterocycles. The molecule has 234 valence electrons. The lowest BCUT2D eigenvalue weighted by atomic mass is 9.90. The SMILES string of the molecule is CCN(C)S(=O)(=O)Nc1ccc(F)c(Oc2ccc3ncn([C@@H]4COC5(C4)CN(C(=O)OC(C)(C)C)C5)c(=O)c3c2)c1C#N. The normalized spacial score (nSPS) is 17.9. The summed E-state index contributed by atoms with van der Waals surface area (Å²) in [5.74, 6) is -1.35. The summed E-state index contributed by atoms with van der Waals surface area (Å²) in [5.41, 5.74) is -1.72. The van der Waals surface area contributed by atoms with Gasteiger partial charge in [-0.05, 0) is 51.1 Å². The first kappa shape index (κ1) is 31.2. The van der Waals surface area contributed by atoms with E-state index in [9.17, 15) is 27.7 Å². The molecule has 2 aromatic carbocycles. The molecule has 0 bridgehead atoms. The molecule has 1 N–H and O–H groups in total. The lowest BCUT2D eigenvalue weighted by Crippen LogP contribution is -2.63. The van der Waals surface area contributed by atoms with Crippen molar-refractivity contribution < 1.29 is 31.8 Å². The molecule has 2 fully saturated rings. The number of fused-ring (bicyclic) bond motifs is 1. The van der Waals surface area contributed by atoms with E-state index in [1.165, 1.54) is 36.1 Å². The van der Waals surface area contributed by atoms with Crippen LogP contribution in [0.3, 0.4) is 0 Å². The van der Waals surface area contributed by atoms with Gasteiger partial charge in [-0.25, -0.2) is 14.2 Å². The second kappa shape index (κ2) is 11.3. The molecule has 1 atom stereocenters. The van der Waals surface area contributed by atoms with Gasteiger partial charge >= 0.3 is 16.3 Å². The number of hydrogen-bond acceptors (Lipinski definition) is 9. The van der Waals surface area contributed by atoms with Gasteiger partial charge in [0.1, 0.15) is 28.6 Å². The molecule has 2 aliphatic rings. The molecule has 0 aliphatic carbocycles. The maximum atomic E-state index is 14.9. The Morgan fingerprint density at radius 1 is 1.30 bits per heavy atom. The number of amides is 1. The van der Waals surface area contributed by atoms with Crippen LogP contribution in [0.25, 0.3) is 10.9 Å². The molecule has 1 aromatic heterocycles. The van der Waals surface area contributed by atoms with E-state index in [4.69, 9.17) is 14.2 Å². The molecule has 2 aliphatic heterocycles. The number of ether oxygens (including phenoxy) is 3. The summed E-state index contributed by atoms with van der Waals surface area (Å²) in [7, 11) is -2.65. The standard InChI is InChI=1S/C29H33FN6O7S/c1-6-34(5)44(39,40)33-24-10-8-22(30)25(21(24)13-31)42-19-7-9-23-20(11-19)26(37)36(17-32-23)18-12-29(41-14-18)15-35(16-29)27(38)43-28(2,3)4/h7-11,17-18,33H,6,12,14-16H2,1-5H3/t18-/m0/s1. The van der Waals surface area contributed by atoms with Gasteiger partial charge < -0.3 is 19.1 Å². The fourth-order valence-corrected chi connectivity index (χ4v) is 6.06. The molecule has 3 aromatic rings. The Hall–Kier alpha value is -4.26. The van der Waals surface area contributed by atoms with E-state index in [1.54, 1.807) is 38.7 Å².